The number of aryl methyl sites for hydroxylation is 1. The van der Waals surface area contributed by atoms with Crippen molar-refractivity contribution in [3.63, 3.8) is 0 Å². The largest absolute Gasteiger partial charge is 0.493 e. The van der Waals surface area contributed by atoms with Gasteiger partial charge in [0.25, 0.3) is 0 Å². The molecule has 0 saturated heterocycles. The zero-order valence-electron chi connectivity index (χ0n) is 18.9. The second-order valence-electron chi connectivity index (χ2n) is 8.91. The van der Waals surface area contributed by atoms with Crippen molar-refractivity contribution in [2.75, 3.05) is 7.11 Å². The Morgan fingerprint density at radius 3 is 2.38 bits per heavy atom. The Morgan fingerprint density at radius 2 is 1.66 bits per heavy atom. The molecule has 4 rings (SSSR count). The van der Waals surface area contributed by atoms with E-state index >= 15 is 0 Å². The first kappa shape index (κ1) is 21.6. The van der Waals surface area contributed by atoms with E-state index in [1.54, 1.807) is 18.2 Å². The van der Waals surface area contributed by atoms with Crippen LogP contribution in [-0.2, 0) is 5.41 Å². The number of hydrogen-bond donors (Lipinski definition) is 1. The van der Waals surface area contributed by atoms with Gasteiger partial charge in [0.05, 0.1) is 12.8 Å². The molecular formula is C27H26FNO3. The minimum absolute atomic E-state index is 0.0704. The van der Waals surface area contributed by atoms with E-state index in [9.17, 15) is 9.18 Å². The lowest BCUT2D eigenvalue weighted by atomic mass is 9.84. The molecule has 0 aliphatic rings. The predicted octanol–water partition coefficient (Wildman–Crippen LogP) is 6.74. The van der Waals surface area contributed by atoms with E-state index in [1.165, 1.54) is 19.2 Å². The summed E-state index contributed by atoms with van der Waals surface area (Å²) in [6.45, 7) is 8.37. The summed E-state index contributed by atoms with van der Waals surface area (Å²) in [5.74, 6) is 0.837. The minimum Gasteiger partial charge on any atom is -0.493 e. The van der Waals surface area contributed by atoms with E-state index in [1.807, 2.05) is 31.2 Å². The zero-order chi connectivity index (χ0) is 23.0. The van der Waals surface area contributed by atoms with Crippen LogP contribution in [0.3, 0.4) is 0 Å². The van der Waals surface area contributed by atoms with Crippen molar-refractivity contribution in [1.82, 2.24) is 4.98 Å². The van der Waals surface area contributed by atoms with Crippen LogP contribution < -0.4 is 14.9 Å². The first-order valence-corrected chi connectivity index (χ1v) is 10.5. The van der Waals surface area contributed by atoms with Gasteiger partial charge in [0, 0.05) is 28.6 Å². The third-order valence-electron chi connectivity index (χ3n) is 5.52. The summed E-state index contributed by atoms with van der Waals surface area (Å²) in [7, 11) is 1.47. The van der Waals surface area contributed by atoms with Crippen molar-refractivity contribution in [2.45, 2.75) is 33.1 Å². The van der Waals surface area contributed by atoms with Crippen LogP contribution in [0.1, 0.15) is 31.9 Å². The van der Waals surface area contributed by atoms with Gasteiger partial charge >= 0.3 is 0 Å². The van der Waals surface area contributed by atoms with E-state index in [0.29, 0.717) is 28.3 Å². The number of aromatic amines is 1. The van der Waals surface area contributed by atoms with E-state index < -0.39 is 5.82 Å². The molecule has 1 aromatic heterocycles. The van der Waals surface area contributed by atoms with Gasteiger partial charge in [-0.25, -0.2) is 4.39 Å². The molecule has 4 aromatic rings. The number of para-hydroxylation sites is 1. The van der Waals surface area contributed by atoms with E-state index in [0.717, 1.165) is 22.2 Å². The maximum absolute atomic E-state index is 13.7. The van der Waals surface area contributed by atoms with Gasteiger partial charge in [0.15, 0.2) is 16.9 Å². The van der Waals surface area contributed by atoms with Crippen LogP contribution in [0.4, 0.5) is 4.39 Å². The van der Waals surface area contributed by atoms with Gasteiger partial charge in [-0.3, -0.25) is 4.79 Å². The van der Waals surface area contributed by atoms with Crippen LogP contribution in [0.2, 0.25) is 0 Å². The van der Waals surface area contributed by atoms with Crippen LogP contribution in [0.25, 0.3) is 22.2 Å². The number of methoxy groups -OCH3 is 1. The first-order chi connectivity index (χ1) is 15.2. The number of halogens is 1. The molecule has 0 fully saturated rings. The van der Waals surface area contributed by atoms with Gasteiger partial charge in [0.1, 0.15) is 11.6 Å². The summed E-state index contributed by atoms with van der Waals surface area (Å²) in [6, 6.07) is 17.2. The molecule has 0 unspecified atom stereocenters. The summed E-state index contributed by atoms with van der Waals surface area (Å²) >= 11 is 0. The number of rotatable bonds is 4. The van der Waals surface area contributed by atoms with Crippen LogP contribution >= 0.6 is 0 Å². The van der Waals surface area contributed by atoms with Gasteiger partial charge in [0.2, 0.25) is 0 Å². The van der Waals surface area contributed by atoms with Crippen LogP contribution in [0.5, 0.6) is 17.2 Å². The molecule has 3 aromatic carbocycles. The van der Waals surface area contributed by atoms with Crippen molar-refractivity contribution in [3.8, 4) is 28.5 Å². The summed E-state index contributed by atoms with van der Waals surface area (Å²) in [4.78, 5) is 16.2. The lowest BCUT2D eigenvalue weighted by molar-refractivity contribution is 0.375. The Balaban J connectivity index is 1.96. The monoisotopic (exact) mass is 431 g/mol. The number of ether oxygens (including phenoxy) is 2. The van der Waals surface area contributed by atoms with Crippen LogP contribution in [-0.4, -0.2) is 12.1 Å². The molecule has 0 aliphatic heterocycles. The van der Waals surface area contributed by atoms with Crippen molar-refractivity contribution < 1.29 is 13.9 Å². The molecule has 0 spiro atoms. The molecule has 4 nitrogen and oxygen atoms in total. The average Bonchev–Trinajstić information content (AvgIpc) is 2.74. The number of hydrogen-bond acceptors (Lipinski definition) is 3. The maximum Gasteiger partial charge on any atom is 0.190 e. The van der Waals surface area contributed by atoms with Crippen LogP contribution in [0, 0.1) is 12.7 Å². The Kier molecular flexibility index (Phi) is 5.51. The molecule has 0 radical (unpaired) electrons. The SMILES string of the molecule is COc1cc(F)ccc1Oc1cc(C(C)(C)C)cc(C)c1-c1cc(=O)c2ccccc2[nH]1. The fourth-order valence-corrected chi connectivity index (χ4v) is 3.79. The summed E-state index contributed by atoms with van der Waals surface area (Å²) in [5.41, 5.74) is 4.02. The number of nitrogens with one attached hydrogen (secondary N) is 1. The lowest BCUT2D eigenvalue weighted by Gasteiger charge is -2.23. The predicted molar refractivity (Wildman–Crippen MR) is 126 cm³/mol. The highest BCUT2D eigenvalue weighted by Gasteiger charge is 2.21. The fraction of sp³-hybridized carbons (Fsp3) is 0.222. The first-order valence-electron chi connectivity index (χ1n) is 10.5. The summed E-state index contributed by atoms with van der Waals surface area (Å²) in [5, 5.41) is 0.628. The third-order valence-corrected chi connectivity index (χ3v) is 5.52. The zero-order valence-corrected chi connectivity index (χ0v) is 18.9. The average molecular weight is 432 g/mol. The Hall–Kier alpha value is -3.60. The number of pyridine rings is 1. The minimum atomic E-state index is -0.409. The summed E-state index contributed by atoms with van der Waals surface area (Å²) < 4.78 is 25.3. The number of benzene rings is 3. The molecule has 32 heavy (non-hydrogen) atoms. The van der Waals surface area contributed by atoms with E-state index in [-0.39, 0.29) is 10.8 Å². The Labute approximate surface area is 186 Å². The highest BCUT2D eigenvalue weighted by Crippen LogP contribution is 2.41. The second-order valence-corrected chi connectivity index (χ2v) is 8.91. The third kappa shape index (κ3) is 4.11. The second kappa shape index (κ2) is 8.15. The van der Waals surface area contributed by atoms with Crippen molar-refractivity contribution >= 4 is 10.9 Å². The molecule has 0 bridgehead atoms. The molecule has 0 atom stereocenters. The molecule has 0 aliphatic carbocycles. The number of aromatic nitrogens is 1. The van der Waals surface area contributed by atoms with Gasteiger partial charge < -0.3 is 14.5 Å². The standard InChI is InChI=1S/C27H26FNO3/c1-16-12-17(27(2,3)4)13-25(32-23-11-10-18(28)14-24(23)31-5)26(16)21-15-22(30)19-8-6-7-9-20(19)29-21/h6-15H,1-5H3,(H,29,30). The van der Waals surface area contributed by atoms with E-state index in [2.05, 4.69) is 31.8 Å². The van der Waals surface area contributed by atoms with E-state index in [4.69, 9.17) is 9.47 Å². The molecule has 164 valence electrons. The van der Waals surface area contributed by atoms with Crippen molar-refractivity contribution in [1.29, 1.82) is 0 Å². The van der Waals surface area contributed by atoms with Gasteiger partial charge in [-0.2, -0.15) is 0 Å². The highest BCUT2D eigenvalue weighted by atomic mass is 19.1. The molecule has 5 heteroatoms. The normalized spacial score (nSPS) is 11.6. The lowest BCUT2D eigenvalue weighted by Crippen LogP contribution is -2.12. The topological polar surface area (TPSA) is 51.3 Å². The molecule has 1 N–H and O–H groups in total. The number of H-pyrrole nitrogens is 1. The smallest absolute Gasteiger partial charge is 0.190 e. The Bertz CT molecular complexity index is 1370. The fourth-order valence-electron chi connectivity index (χ4n) is 3.79. The van der Waals surface area contributed by atoms with Crippen molar-refractivity contribution in [2.24, 2.45) is 0 Å². The highest BCUT2D eigenvalue weighted by molar-refractivity contribution is 5.83. The van der Waals surface area contributed by atoms with Crippen LogP contribution in [0.15, 0.2) is 65.5 Å². The number of fused-ring (bicyclic) bond motifs is 1. The van der Waals surface area contributed by atoms with Gasteiger partial charge in [-0.05, 0) is 53.8 Å². The molecule has 1 heterocycles. The molecular weight excluding hydrogens is 405 g/mol. The van der Waals surface area contributed by atoms with Gasteiger partial charge in [-0.15, -0.1) is 0 Å². The quantitative estimate of drug-likeness (QED) is 0.389. The van der Waals surface area contributed by atoms with Crippen molar-refractivity contribution in [3.05, 3.63) is 87.8 Å². The molecule has 0 amide bonds. The van der Waals surface area contributed by atoms with Gasteiger partial charge in [-0.1, -0.05) is 39.0 Å². The summed E-state index contributed by atoms with van der Waals surface area (Å²) in [6.07, 6.45) is 0. The Morgan fingerprint density at radius 1 is 0.906 bits per heavy atom. The molecule has 0 saturated carbocycles. The maximum atomic E-state index is 13.7.